The molecule has 1 aromatic carbocycles. The predicted molar refractivity (Wildman–Crippen MR) is 70.6 cm³/mol. The topological polar surface area (TPSA) is 29.1 Å². The van der Waals surface area contributed by atoms with Crippen LogP contribution in [-0.4, -0.2) is 12.5 Å². The van der Waals surface area contributed by atoms with Gasteiger partial charge in [0.2, 0.25) is 5.91 Å². The van der Waals surface area contributed by atoms with Gasteiger partial charge in [-0.15, -0.1) is 0 Å². The maximum absolute atomic E-state index is 11.0. The molecule has 0 saturated carbocycles. The van der Waals surface area contributed by atoms with E-state index in [0.29, 0.717) is 6.54 Å². The molecular weight excluding hydrogens is 266 g/mol. The van der Waals surface area contributed by atoms with Crippen molar-refractivity contribution in [3.8, 4) is 0 Å². The number of nitrogens with one attached hydrogen (secondary N) is 1. The second-order valence-corrected chi connectivity index (χ2v) is 5.52. The quantitative estimate of drug-likeness (QED) is 0.907. The van der Waals surface area contributed by atoms with Gasteiger partial charge >= 0.3 is 0 Å². The predicted octanol–water partition coefficient (Wildman–Crippen LogP) is 3.17. The molecule has 0 bridgehead atoms. The Labute approximate surface area is 106 Å². The normalized spacial score (nSPS) is 11.3. The van der Waals surface area contributed by atoms with Crippen molar-refractivity contribution in [2.24, 2.45) is 0 Å². The third-order valence-electron chi connectivity index (χ3n) is 2.70. The van der Waals surface area contributed by atoms with Gasteiger partial charge in [0.1, 0.15) is 0 Å². The first kappa shape index (κ1) is 13.2. The van der Waals surface area contributed by atoms with E-state index in [1.807, 2.05) is 6.07 Å². The van der Waals surface area contributed by atoms with Crippen LogP contribution in [0.25, 0.3) is 0 Å². The third kappa shape index (κ3) is 3.08. The van der Waals surface area contributed by atoms with Gasteiger partial charge in [-0.2, -0.15) is 0 Å². The van der Waals surface area contributed by atoms with Crippen LogP contribution in [0.3, 0.4) is 0 Å². The summed E-state index contributed by atoms with van der Waals surface area (Å²) in [6, 6.07) is 6.21. The number of benzene rings is 1. The standard InChI is InChI=1S/C13H18BrNO/c1-9-6-5-7-11(12(9)14)13(3,4)8-15-10(2)16/h5-7H,8H2,1-4H3,(H,15,16). The minimum Gasteiger partial charge on any atom is -0.355 e. The minimum atomic E-state index is -0.0729. The first-order valence-electron chi connectivity index (χ1n) is 5.34. The van der Waals surface area contributed by atoms with Gasteiger partial charge in [-0.1, -0.05) is 48.0 Å². The first-order valence-corrected chi connectivity index (χ1v) is 6.14. The van der Waals surface area contributed by atoms with Crippen LogP contribution in [0.2, 0.25) is 0 Å². The molecule has 0 aliphatic heterocycles. The van der Waals surface area contributed by atoms with E-state index in [-0.39, 0.29) is 11.3 Å². The summed E-state index contributed by atoms with van der Waals surface area (Å²) in [7, 11) is 0. The highest BCUT2D eigenvalue weighted by molar-refractivity contribution is 9.10. The van der Waals surface area contributed by atoms with Crippen molar-refractivity contribution in [2.45, 2.75) is 33.1 Å². The molecule has 88 valence electrons. The van der Waals surface area contributed by atoms with Crippen molar-refractivity contribution in [1.29, 1.82) is 0 Å². The lowest BCUT2D eigenvalue weighted by Crippen LogP contribution is -2.35. The summed E-state index contributed by atoms with van der Waals surface area (Å²) in [6.07, 6.45) is 0. The molecule has 1 amide bonds. The average Bonchev–Trinajstić information content (AvgIpc) is 2.19. The fourth-order valence-corrected chi connectivity index (χ4v) is 2.41. The molecule has 0 spiro atoms. The van der Waals surface area contributed by atoms with Gasteiger partial charge in [-0.05, 0) is 18.1 Å². The SMILES string of the molecule is CC(=O)NCC(C)(C)c1cccc(C)c1Br. The molecule has 1 N–H and O–H groups in total. The number of amides is 1. The van der Waals surface area contributed by atoms with Crippen LogP contribution >= 0.6 is 15.9 Å². The van der Waals surface area contributed by atoms with Gasteiger partial charge in [-0.3, -0.25) is 4.79 Å². The van der Waals surface area contributed by atoms with Crippen LogP contribution < -0.4 is 5.32 Å². The molecule has 2 nitrogen and oxygen atoms in total. The maximum Gasteiger partial charge on any atom is 0.216 e. The molecular formula is C13H18BrNO. The number of hydrogen-bond donors (Lipinski definition) is 1. The molecule has 0 aliphatic rings. The van der Waals surface area contributed by atoms with E-state index >= 15 is 0 Å². The molecule has 1 rings (SSSR count). The largest absolute Gasteiger partial charge is 0.355 e. The van der Waals surface area contributed by atoms with Gasteiger partial charge in [0.15, 0.2) is 0 Å². The molecule has 16 heavy (non-hydrogen) atoms. The van der Waals surface area contributed by atoms with Crippen LogP contribution in [0.4, 0.5) is 0 Å². The van der Waals surface area contributed by atoms with Crippen molar-refractivity contribution in [1.82, 2.24) is 5.32 Å². The molecule has 0 heterocycles. The van der Waals surface area contributed by atoms with Gasteiger partial charge in [0, 0.05) is 23.4 Å². The minimum absolute atomic E-state index is 0.0110. The fraction of sp³-hybridized carbons (Fsp3) is 0.462. The van der Waals surface area contributed by atoms with E-state index in [4.69, 9.17) is 0 Å². The van der Waals surface area contributed by atoms with E-state index in [0.717, 1.165) is 4.47 Å². The summed E-state index contributed by atoms with van der Waals surface area (Å²) in [5.41, 5.74) is 2.37. The zero-order valence-corrected chi connectivity index (χ0v) is 11.8. The Hall–Kier alpha value is -0.830. The lowest BCUT2D eigenvalue weighted by Gasteiger charge is -2.27. The molecule has 1 aromatic rings. The highest BCUT2D eigenvalue weighted by atomic mass is 79.9. The summed E-state index contributed by atoms with van der Waals surface area (Å²) >= 11 is 3.61. The lowest BCUT2D eigenvalue weighted by molar-refractivity contribution is -0.119. The molecule has 0 radical (unpaired) electrons. The monoisotopic (exact) mass is 283 g/mol. The summed E-state index contributed by atoms with van der Waals surface area (Å²) < 4.78 is 1.13. The number of halogens is 1. The van der Waals surface area contributed by atoms with E-state index in [1.165, 1.54) is 11.1 Å². The van der Waals surface area contributed by atoms with Crippen molar-refractivity contribution < 1.29 is 4.79 Å². The molecule has 0 aliphatic carbocycles. The van der Waals surface area contributed by atoms with Crippen LogP contribution in [-0.2, 0) is 10.2 Å². The summed E-state index contributed by atoms with van der Waals surface area (Å²) in [5.74, 6) is 0.0110. The van der Waals surface area contributed by atoms with Crippen molar-refractivity contribution in [3.63, 3.8) is 0 Å². The zero-order chi connectivity index (χ0) is 12.3. The molecule has 0 aromatic heterocycles. The van der Waals surface area contributed by atoms with Crippen LogP contribution in [0.15, 0.2) is 22.7 Å². The van der Waals surface area contributed by atoms with Crippen molar-refractivity contribution in [3.05, 3.63) is 33.8 Å². The Kier molecular flexibility index (Phi) is 4.14. The Balaban J connectivity index is 2.97. The summed E-state index contributed by atoms with van der Waals surface area (Å²) in [4.78, 5) is 11.0. The molecule has 0 saturated heterocycles. The van der Waals surface area contributed by atoms with E-state index in [9.17, 15) is 4.79 Å². The van der Waals surface area contributed by atoms with E-state index < -0.39 is 0 Å². The van der Waals surface area contributed by atoms with Gasteiger partial charge < -0.3 is 5.32 Å². The lowest BCUT2D eigenvalue weighted by atomic mass is 9.84. The second kappa shape index (κ2) is 5.00. The Morgan fingerprint density at radius 1 is 1.44 bits per heavy atom. The zero-order valence-electron chi connectivity index (χ0n) is 10.2. The van der Waals surface area contributed by atoms with E-state index in [1.54, 1.807) is 6.92 Å². The van der Waals surface area contributed by atoms with Crippen LogP contribution in [0, 0.1) is 6.92 Å². The van der Waals surface area contributed by atoms with Crippen molar-refractivity contribution in [2.75, 3.05) is 6.54 Å². The van der Waals surface area contributed by atoms with Gasteiger partial charge in [0.25, 0.3) is 0 Å². The number of carbonyl (C=O) groups excluding carboxylic acids is 1. The van der Waals surface area contributed by atoms with Crippen LogP contribution in [0.1, 0.15) is 31.9 Å². The smallest absolute Gasteiger partial charge is 0.216 e. The Morgan fingerprint density at radius 3 is 2.62 bits per heavy atom. The number of hydrogen-bond acceptors (Lipinski definition) is 1. The Morgan fingerprint density at radius 2 is 2.06 bits per heavy atom. The number of rotatable bonds is 3. The van der Waals surface area contributed by atoms with Crippen LogP contribution in [0.5, 0.6) is 0 Å². The van der Waals surface area contributed by atoms with Gasteiger partial charge in [0.05, 0.1) is 0 Å². The first-order chi connectivity index (χ1) is 7.34. The molecule has 0 fully saturated rings. The number of carbonyl (C=O) groups is 1. The molecule has 3 heteroatoms. The summed E-state index contributed by atoms with van der Waals surface area (Å²) in [6.45, 7) is 8.51. The third-order valence-corrected chi connectivity index (χ3v) is 3.75. The highest BCUT2D eigenvalue weighted by Gasteiger charge is 2.23. The number of aryl methyl sites for hydroxylation is 1. The fourth-order valence-electron chi connectivity index (χ4n) is 1.61. The molecule has 0 atom stereocenters. The Bertz CT molecular complexity index is 399. The molecule has 0 unspecified atom stereocenters. The van der Waals surface area contributed by atoms with Crippen molar-refractivity contribution >= 4 is 21.8 Å². The second-order valence-electron chi connectivity index (χ2n) is 4.73. The highest BCUT2D eigenvalue weighted by Crippen LogP contribution is 2.31. The van der Waals surface area contributed by atoms with E-state index in [2.05, 4.69) is 54.2 Å². The summed E-state index contributed by atoms with van der Waals surface area (Å²) in [5, 5.41) is 2.87. The maximum atomic E-state index is 11.0. The van der Waals surface area contributed by atoms with Gasteiger partial charge in [-0.25, -0.2) is 0 Å². The average molecular weight is 284 g/mol.